The number of ether oxygens (including phenoxy) is 1. The quantitative estimate of drug-likeness (QED) is 0.329. The summed E-state index contributed by atoms with van der Waals surface area (Å²) in [5.74, 6) is -0.272. The lowest BCUT2D eigenvalue weighted by molar-refractivity contribution is -0.138. The number of aliphatic hydroxyl groups excluding tert-OH is 2. The van der Waals surface area contributed by atoms with Gasteiger partial charge in [0.25, 0.3) is 5.91 Å². The van der Waals surface area contributed by atoms with Crippen LogP contribution < -0.4 is 21.4 Å². The molecule has 4 atom stereocenters. The van der Waals surface area contributed by atoms with Gasteiger partial charge in [-0.3, -0.25) is 9.80 Å². The fraction of sp³-hybridized carbons (Fsp3) is 0.375. The number of fused-ring (bicyclic) bond motifs is 1. The van der Waals surface area contributed by atoms with Crippen molar-refractivity contribution < 1.29 is 32.9 Å². The molecule has 3 heterocycles. The molecule has 0 saturated heterocycles. The highest BCUT2D eigenvalue weighted by atomic mass is 19.4. The van der Waals surface area contributed by atoms with Crippen LogP contribution in [0.15, 0.2) is 71.4 Å². The summed E-state index contributed by atoms with van der Waals surface area (Å²) in [6, 6.07) is 4.13. The van der Waals surface area contributed by atoms with E-state index in [2.05, 4.69) is 21.4 Å². The zero-order chi connectivity index (χ0) is 26.0. The minimum atomic E-state index is -4.60. The lowest BCUT2D eigenvalue weighted by Crippen LogP contribution is -2.55. The van der Waals surface area contributed by atoms with Crippen LogP contribution in [-0.4, -0.2) is 52.8 Å². The molecule has 3 aliphatic heterocycles. The van der Waals surface area contributed by atoms with E-state index in [-0.39, 0.29) is 23.6 Å². The van der Waals surface area contributed by atoms with Crippen molar-refractivity contribution in [3.8, 4) is 0 Å². The second-order valence-corrected chi connectivity index (χ2v) is 8.63. The molecule has 0 bridgehead atoms. The van der Waals surface area contributed by atoms with Crippen LogP contribution in [0.2, 0.25) is 0 Å². The summed E-state index contributed by atoms with van der Waals surface area (Å²) in [5.41, 5.74) is 3.63. The lowest BCUT2D eigenvalue weighted by atomic mass is 9.98. The molecule has 36 heavy (non-hydrogen) atoms. The number of carbonyl (C=O) groups is 1. The number of benzene rings is 1. The van der Waals surface area contributed by atoms with E-state index >= 15 is 0 Å². The Labute approximate surface area is 206 Å². The number of carbonyl (C=O) groups excluding carboxylic acids is 1. The molecule has 0 saturated carbocycles. The SMILES string of the molecule is CC1=CC=CC(NC(=O)C2=C(C)NC3C(OC[C@H](O)CO)=CC(c4ccccc4C(F)(F)F)NN23)N1. The first-order chi connectivity index (χ1) is 17.1. The predicted octanol–water partition coefficient (Wildman–Crippen LogP) is 1.49. The number of alkyl halides is 3. The van der Waals surface area contributed by atoms with Gasteiger partial charge in [0.15, 0.2) is 6.17 Å². The molecule has 1 aromatic carbocycles. The van der Waals surface area contributed by atoms with E-state index in [1.807, 2.05) is 13.0 Å². The van der Waals surface area contributed by atoms with Gasteiger partial charge in [-0.15, -0.1) is 0 Å². The summed E-state index contributed by atoms with van der Waals surface area (Å²) < 4.78 is 47.0. The molecule has 194 valence electrons. The Kier molecular flexibility index (Phi) is 7.29. The summed E-state index contributed by atoms with van der Waals surface area (Å²) in [6.07, 6.45) is -0.136. The average molecular weight is 508 g/mol. The van der Waals surface area contributed by atoms with Crippen molar-refractivity contribution in [2.24, 2.45) is 0 Å². The van der Waals surface area contributed by atoms with Gasteiger partial charge in [-0.25, -0.2) is 5.43 Å². The predicted molar refractivity (Wildman–Crippen MR) is 124 cm³/mol. The monoisotopic (exact) mass is 507 g/mol. The van der Waals surface area contributed by atoms with E-state index in [1.165, 1.54) is 29.3 Å². The maximum absolute atomic E-state index is 13.8. The van der Waals surface area contributed by atoms with Crippen molar-refractivity contribution in [1.29, 1.82) is 0 Å². The molecule has 3 aliphatic rings. The van der Waals surface area contributed by atoms with Crippen LogP contribution in [0.3, 0.4) is 0 Å². The molecule has 6 N–H and O–H groups in total. The minimum Gasteiger partial charge on any atom is -0.491 e. The van der Waals surface area contributed by atoms with Crippen molar-refractivity contribution in [2.45, 2.75) is 44.5 Å². The number of dihydropyridines is 1. The van der Waals surface area contributed by atoms with E-state index in [9.17, 15) is 23.1 Å². The van der Waals surface area contributed by atoms with Gasteiger partial charge in [0.1, 0.15) is 30.3 Å². The summed E-state index contributed by atoms with van der Waals surface area (Å²) >= 11 is 0. The van der Waals surface area contributed by atoms with Crippen molar-refractivity contribution in [3.63, 3.8) is 0 Å². The summed E-state index contributed by atoms with van der Waals surface area (Å²) in [4.78, 5) is 13.3. The van der Waals surface area contributed by atoms with Crippen LogP contribution in [0.1, 0.15) is 31.0 Å². The Morgan fingerprint density at radius 3 is 2.69 bits per heavy atom. The first-order valence-corrected chi connectivity index (χ1v) is 11.3. The Morgan fingerprint density at radius 2 is 2.00 bits per heavy atom. The number of allylic oxidation sites excluding steroid dienone is 4. The first-order valence-electron chi connectivity index (χ1n) is 11.3. The normalized spacial score (nSPS) is 24.3. The van der Waals surface area contributed by atoms with Crippen LogP contribution in [0.5, 0.6) is 0 Å². The molecule has 0 fully saturated rings. The third kappa shape index (κ3) is 5.35. The number of hydrogen-bond donors (Lipinski definition) is 6. The second kappa shape index (κ2) is 10.2. The van der Waals surface area contributed by atoms with Gasteiger partial charge in [-0.2, -0.15) is 13.2 Å². The number of hydrogen-bond acceptors (Lipinski definition) is 8. The van der Waals surface area contributed by atoms with E-state index in [0.717, 1.165) is 11.8 Å². The Morgan fingerprint density at radius 1 is 1.25 bits per heavy atom. The number of nitrogens with one attached hydrogen (secondary N) is 4. The molecule has 3 unspecified atom stereocenters. The molecule has 12 heteroatoms. The maximum atomic E-state index is 13.8. The number of nitrogens with zero attached hydrogens (tertiary/aromatic N) is 1. The number of rotatable bonds is 7. The molecular weight excluding hydrogens is 479 g/mol. The summed E-state index contributed by atoms with van der Waals surface area (Å²) in [7, 11) is 0. The van der Waals surface area contributed by atoms with Crippen molar-refractivity contribution in [1.82, 2.24) is 26.4 Å². The second-order valence-electron chi connectivity index (χ2n) is 8.63. The molecule has 1 aromatic rings. The number of aliphatic hydroxyl groups is 2. The number of halogens is 3. The highest BCUT2D eigenvalue weighted by molar-refractivity contribution is 5.94. The fourth-order valence-corrected chi connectivity index (χ4v) is 4.21. The van der Waals surface area contributed by atoms with Gasteiger partial charge in [-0.1, -0.05) is 24.3 Å². The molecule has 0 spiro atoms. The largest absolute Gasteiger partial charge is 0.491 e. The van der Waals surface area contributed by atoms with Crippen molar-refractivity contribution in [2.75, 3.05) is 13.2 Å². The first kappa shape index (κ1) is 25.6. The molecule has 4 rings (SSSR count). The fourth-order valence-electron chi connectivity index (χ4n) is 4.21. The average Bonchev–Trinajstić information content (AvgIpc) is 3.17. The smallest absolute Gasteiger partial charge is 0.416 e. The topological polar surface area (TPSA) is 118 Å². The van der Waals surface area contributed by atoms with E-state index in [0.29, 0.717) is 5.70 Å². The van der Waals surface area contributed by atoms with Crippen LogP contribution in [-0.2, 0) is 15.7 Å². The zero-order valence-corrected chi connectivity index (χ0v) is 19.6. The van der Waals surface area contributed by atoms with Crippen LogP contribution in [0.4, 0.5) is 13.2 Å². The van der Waals surface area contributed by atoms with Gasteiger partial charge < -0.3 is 30.9 Å². The van der Waals surface area contributed by atoms with Gasteiger partial charge in [0.2, 0.25) is 0 Å². The highest BCUT2D eigenvalue weighted by Gasteiger charge is 2.43. The minimum absolute atomic E-state index is 0.0609. The van der Waals surface area contributed by atoms with E-state index in [1.54, 1.807) is 19.1 Å². The molecule has 0 aliphatic carbocycles. The Bertz CT molecular complexity index is 1130. The number of amides is 1. The Hall–Kier alpha value is -3.48. The lowest BCUT2D eigenvalue weighted by Gasteiger charge is -2.38. The van der Waals surface area contributed by atoms with E-state index in [4.69, 9.17) is 9.84 Å². The van der Waals surface area contributed by atoms with Gasteiger partial charge in [0, 0.05) is 11.4 Å². The molecule has 0 aromatic heterocycles. The maximum Gasteiger partial charge on any atom is 0.416 e. The Balaban J connectivity index is 1.65. The summed E-state index contributed by atoms with van der Waals surface area (Å²) in [6.45, 7) is 2.69. The van der Waals surface area contributed by atoms with Crippen LogP contribution in [0.25, 0.3) is 0 Å². The van der Waals surface area contributed by atoms with Gasteiger partial charge in [-0.05, 0) is 43.7 Å². The molecule has 9 nitrogen and oxygen atoms in total. The van der Waals surface area contributed by atoms with Crippen LogP contribution in [0, 0.1) is 0 Å². The molecule has 1 amide bonds. The molecular formula is C24H28F3N5O4. The van der Waals surface area contributed by atoms with Crippen molar-refractivity contribution in [3.05, 3.63) is 82.5 Å². The zero-order valence-electron chi connectivity index (χ0n) is 19.6. The summed E-state index contributed by atoms with van der Waals surface area (Å²) in [5, 5.41) is 29.4. The third-order valence-corrected chi connectivity index (χ3v) is 5.88. The standard InChI is InChI=1S/C24H28F3N5O4/c1-13-6-5-9-20(28-13)30-23(35)21-14(2)29-22-19(36-12-15(34)11-33)10-18(31-32(21)22)16-7-3-4-8-17(16)24(25,26)27/h3-10,15,18,20,22,28-29,31,33-34H,11-12H2,1-2H3,(H,30,35)/t15-,18?,20?,22?/m1/s1. The van der Waals surface area contributed by atoms with Gasteiger partial charge >= 0.3 is 6.18 Å². The van der Waals surface area contributed by atoms with Gasteiger partial charge in [0.05, 0.1) is 18.2 Å². The highest BCUT2D eigenvalue weighted by Crippen LogP contribution is 2.38. The number of hydrazine groups is 1. The third-order valence-electron chi connectivity index (χ3n) is 5.88. The van der Waals surface area contributed by atoms with Crippen molar-refractivity contribution >= 4 is 5.91 Å². The van der Waals surface area contributed by atoms with Crippen LogP contribution >= 0.6 is 0 Å². The van der Waals surface area contributed by atoms with E-state index < -0.39 is 48.7 Å². The molecule has 0 radical (unpaired) electrons.